The number of carbonyl (C=O) groups is 1. The molecule has 6 heterocycles. The summed E-state index contributed by atoms with van der Waals surface area (Å²) in [6, 6.07) is 3.92. The molecule has 3 saturated heterocycles. The minimum atomic E-state index is -4.21. The predicted molar refractivity (Wildman–Crippen MR) is 152 cm³/mol. The number of aromatic nitrogens is 5. The molecule has 12 nitrogen and oxygen atoms in total. The van der Waals surface area contributed by atoms with Gasteiger partial charge in [0.2, 0.25) is 11.9 Å². The summed E-state index contributed by atoms with van der Waals surface area (Å²) in [6.45, 7) is 4.57. The molecule has 3 aliphatic heterocycles. The number of hydrogen-bond donors (Lipinski definition) is 2. The van der Waals surface area contributed by atoms with Gasteiger partial charge in [0, 0.05) is 63.7 Å². The van der Waals surface area contributed by atoms with Gasteiger partial charge in [-0.3, -0.25) is 9.48 Å². The summed E-state index contributed by atoms with van der Waals surface area (Å²) >= 11 is 0. The highest BCUT2D eigenvalue weighted by Crippen LogP contribution is 2.47. The van der Waals surface area contributed by atoms with Crippen molar-refractivity contribution in [3.63, 3.8) is 0 Å². The Morgan fingerprint density at radius 2 is 1.84 bits per heavy atom. The summed E-state index contributed by atoms with van der Waals surface area (Å²) in [5.74, 6) is -0.873. The SMILES string of the molecule is CN1CCN(C(=O)Cn2cc(Nc3nc4c(N5CC6CCC(C5)N6C(O)=C5CC(C(F)(F)F)C5)cccn4n3)cn2)CC1. The van der Waals surface area contributed by atoms with Crippen molar-refractivity contribution < 1.29 is 23.1 Å². The van der Waals surface area contributed by atoms with Crippen molar-refractivity contribution in [3.8, 4) is 0 Å². The van der Waals surface area contributed by atoms with Gasteiger partial charge in [0.1, 0.15) is 6.54 Å². The van der Waals surface area contributed by atoms with Crippen molar-refractivity contribution in [2.45, 2.75) is 50.5 Å². The normalized spacial score (nSPS) is 24.5. The lowest BCUT2D eigenvalue weighted by Crippen LogP contribution is -2.54. The van der Waals surface area contributed by atoms with Crippen LogP contribution >= 0.6 is 0 Å². The first kappa shape index (κ1) is 27.8. The van der Waals surface area contributed by atoms with E-state index < -0.39 is 12.1 Å². The summed E-state index contributed by atoms with van der Waals surface area (Å²) in [4.78, 5) is 25.7. The first-order valence-corrected chi connectivity index (χ1v) is 14.7. The molecule has 3 aromatic heterocycles. The Kier molecular flexibility index (Phi) is 6.86. The molecular formula is C28H35F3N10O2. The lowest BCUT2D eigenvalue weighted by molar-refractivity contribution is -0.184. The van der Waals surface area contributed by atoms with Gasteiger partial charge >= 0.3 is 6.18 Å². The van der Waals surface area contributed by atoms with Crippen LogP contribution in [0.4, 0.5) is 30.5 Å². The van der Waals surface area contributed by atoms with Crippen LogP contribution in [0.25, 0.3) is 5.65 Å². The van der Waals surface area contributed by atoms with Gasteiger partial charge in [-0.1, -0.05) is 0 Å². The van der Waals surface area contributed by atoms with E-state index in [0.717, 1.165) is 31.6 Å². The molecule has 15 heteroatoms. The summed E-state index contributed by atoms with van der Waals surface area (Å²) in [5, 5.41) is 23.0. The van der Waals surface area contributed by atoms with E-state index in [2.05, 4.69) is 32.4 Å². The fourth-order valence-corrected chi connectivity index (χ4v) is 6.71. The molecule has 7 rings (SSSR count). The lowest BCUT2D eigenvalue weighted by atomic mass is 9.79. The quantitative estimate of drug-likeness (QED) is 0.413. The zero-order valence-corrected chi connectivity index (χ0v) is 23.9. The van der Waals surface area contributed by atoms with Crippen LogP contribution in [0.3, 0.4) is 0 Å². The second-order valence-electron chi connectivity index (χ2n) is 12.1. The zero-order valence-electron chi connectivity index (χ0n) is 23.9. The van der Waals surface area contributed by atoms with E-state index in [1.165, 1.54) is 0 Å². The number of aliphatic hydroxyl groups excluding tert-OH is 1. The van der Waals surface area contributed by atoms with Crippen LogP contribution in [-0.2, 0) is 11.3 Å². The Balaban J connectivity index is 1.02. The molecule has 3 aromatic rings. The maximum absolute atomic E-state index is 13.0. The molecule has 1 aliphatic carbocycles. The predicted octanol–water partition coefficient (Wildman–Crippen LogP) is 2.84. The Morgan fingerprint density at radius 3 is 2.53 bits per heavy atom. The van der Waals surface area contributed by atoms with Crippen LogP contribution in [0.2, 0.25) is 0 Å². The number of pyridine rings is 1. The number of alkyl halides is 3. The molecule has 4 aliphatic rings. The molecule has 4 fully saturated rings. The molecule has 1 saturated carbocycles. The number of fused-ring (bicyclic) bond motifs is 3. The number of aliphatic hydroxyl groups is 1. The van der Waals surface area contributed by atoms with Crippen LogP contribution in [0, 0.1) is 5.92 Å². The third-order valence-corrected chi connectivity index (χ3v) is 9.22. The van der Waals surface area contributed by atoms with E-state index in [1.54, 1.807) is 21.6 Å². The largest absolute Gasteiger partial charge is 0.495 e. The van der Waals surface area contributed by atoms with Crippen LogP contribution < -0.4 is 10.2 Å². The van der Waals surface area contributed by atoms with Crippen molar-refractivity contribution in [1.82, 2.24) is 39.1 Å². The summed E-state index contributed by atoms with van der Waals surface area (Å²) in [5.41, 5.74) is 2.75. The van der Waals surface area contributed by atoms with Crippen molar-refractivity contribution in [1.29, 1.82) is 0 Å². The molecule has 0 spiro atoms. The number of nitrogens with one attached hydrogen (secondary N) is 1. The molecule has 2 unspecified atom stereocenters. The third-order valence-electron chi connectivity index (χ3n) is 9.22. The highest BCUT2D eigenvalue weighted by Gasteiger charge is 2.49. The number of halogens is 3. The van der Waals surface area contributed by atoms with E-state index in [-0.39, 0.29) is 43.3 Å². The number of rotatable bonds is 6. The Morgan fingerprint density at radius 1 is 1.12 bits per heavy atom. The summed E-state index contributed by atoms with van der Waals surface area (Å²) in [7, 11) is 2.05. The van der Waals surface area contributed by atoms with Gasteiger partial charge in [0.05, 0.1) is 23.5 Å². The Labute approximate surface area is 246 Å². The highest BCUT2D eigenvalue weighted by atomic mass is 19.4. The molecule has 230 valence electrons. The van der Waals surface area contributed by atoms with Crippen LogP contribution in [0.5, 0.6) is 0 Å². The van der Waals surface area contributed by atoms with Gasteiger partial charge in [-0.15, -0.1) is 5.10 Å². The van der Waals surface area contributed by atoms with Gasteiger partial charge < -0.3 is 30.0 Å². The number of likely N-dealkylation sites (N-methyl/N-ethyl adjacent to an activating group) is 1. The van der Waals surface area contributed by atoms with Crippen LogP contribution in [0.15, 0.2) is 42.2 Å². The molecular weight excluding hydrogens is 565 g/mol. The Hall–Kier alpha value is -4.01. The van der Waals surface area contributed by atoms with Gasteiger partial charge in [0.15, 0.2) is 11.5 Å². The van der Waals surface area contributed by atoms with Gasteiger partial charge in [-0.2, -0.15) is 23.3 Å². The fraction of sp³-hybridized carbons (Fsp3) is 0.571. The van der Waals surface area contributed by atoms with E-state index in [9.17, 15) is 23.1 Å². The Bertz CT molecular complexity index is 1520. The molecule has 2 atom stereocenters. The minimum absolute atomic E-state index is 0.0105. The van der Waals surface area contributed by atoms with Gasteiger partial charge in [-0.05, 0) is 50.4 Å². The average Bonchev–Trinajstić information content (AvgIpc) is 3.62. The van der Waals surface area contributed by atoms with Crippen LogP contribution in [-0.4, -0.2) is 115 Å². The molecule has 1 amide bonds. The second-order valence-corrected chi connectivity index (χ2v) is 12.1. The number of hydrogen-bond acceptors (Lipinski definition) is 9. The highest BCUT2D eigenvalue weighted by molar-refractivity contribution is 5.76. The van der Waals surface area contributed by atoms with Crippen molar-refractivity contribution >= 4 is 28.9 Å². The monoisotopic (exact) mass is 600 g/mol. The number of nitrogens with zero attached hydrogens (tertiary/aromatic N) is 9. The molecule has 0 aromatic carbocycles. The van der Waals surface area contributed by atoms with E-state index in [1.807, 2.05) is 28.1 Å². The number of amides is 1. The first-order valence-electron chi connectivity index (χ1n) is 14.7. The van der Waals surface area contributed by atoms with E-state index in [0.29, 0.717) is 49.0 Å². The van der Waals surface area contributed by atoms with Crippen molar-refractivity contribution in [2.75, 3.05) is 56.5 Å². The van der Waals surface area contributed by atoms with Gasteiger partial charge in [0.25, 0.3) is 0 Å². The van der Waals surface area contributed by atoms with Crippen molar-refractivity contribution in [2.24, 2.45) is 5.92 Å². The maximum Gasteiger partial charge on any atom is 0.392 e. The maximum atomic E-state index is 13.0. The summed E-state index contributed by atoms with van der Waals surface area (Å²) < 4.78 is 42.3. The molecule has 2 N–H and O–H groups in total. The van der Waals surface area contributed by atoms with Crippen LogP contribution in [0.1, 0.15) is 25.7 Å². The topological polar surface area (TPSA) is 110 Å². The minimum Gasteiger partial charge on any atom is -0.495 e. The smallest absolute Gasteiger partial charge is 0.392 e. The van der Waals surface area contributed by atoms with Crippen molar-refractivity contribution in [3.05, 3.63) is 42.2 Å². The van der Waals surface area contributed by atoms with E-state index >= 15 is 0 Å². The lowest BCUT2D eigenvalue weighted by Gasteiger charge is -2.44. The number of carbonyl (C=O) groups excluding carboxylic acids is 1. The number of piperazine rings is 2. The zero-order chi connectivity index (χ0) is 29.9. The molecule has 0 radical (unpaired) electrons. The second kappa shape index (κ2) is 10.6. The standard InChI is InChI=1S/C28H35F3N10O2/c1-36-7-9-37(10-8-36)24(42)17-39-14-20(13-32-39)33-27-34-25-23(3-2-6-40(25)35-27)38-15-21-4-5-22(16-38)41(21)26(43)18-11-19(12-18)28(29,30)31/h2-3,6,13-14,19,21-22,43H,4-5,7-12,15-17H2,1H3,(H,33,35). The molecule has 43 heavy (non-hydrogen) atoms. The third kappa shape index (κ3) is 5.34. The van der Waals surface area contributed by atoms with E-state index in [4.69, 9.17) is 4.98 Å². The number of anilines is 3. The first-order chi connectivity index (χ1) is 20.6. The average molecular weight is 601 g/mol. The fourth-order valence-electron chi connectivity index (χ4n) is 6.71. The van der Waals surface area contributed by atoms with Gasteiger partial charge in [-0.25, -0.2) is 4.52 Å². The summed E-state index contributed by atoms with van der Waals surface area (Å²) in [6.07, 6.45) is 2.51. The number of allylic oxidation sites excluding steroid dienone is 1. The molecule has 2 bridgehead atoms.